The highest BCUT2D eigenvalue weighted by Gasteiger charge is 2.44. The van der Waals surface area contributed by atoms with Gasteiger partial charge in [-0.25, -0.2) is 4.90 Å². The Morgan fingerprint density at radius 1 is 0.970 bits per heavy atom. The highest BCUT2D eigenvalue weighted by molar-refractivity contribution is 6.45. The van der Waals surface area contributed by atoms with E-state index in [4.69, 9.17) is 9.47 Å². The fraction of sp³-hybridized carbons (Fsp3) is 0.407. The Morgan fingerprint density at radius 2 is 1.73 bits per heavy atom. The minimum absolute atomic E-state index is 0.287. The molecule has 6 nitrogen and oxygen atoms in total. The van der Waals surface area contributed by atoms with Crippen LogP contribution in [0.4, 0.5) is 5.69 Å². The average Bonchev–Trinajstić information content (AvgIpc) is 3.08. The number of para-hydroxylation sites is 2. The number of carbonyl (C=O) groups excluding carboxylic acids is 2. The number of rotatable bonds is 8. The van der Waals surface area contributed by atoms with E-state index in [1.165, 1.54) is 4.90 Å². The Hall–Kier alpha value is -3.28. The summed E-state index contributed by atoms with van der Waals surface area (Å²) >= 11 is 0. The molecular weight excluding hydrogens is 416 g/mol. The van der Waals surface area contributed by atoms with Crippen LogP contribution in [0, 0.1) is 5.92 Å². The Balaban J connectivity index is 1.78. The van der Waals surface area contributed by atoms with Gasteiger partial charge < -0.3 is 14.4 Å². The topological polar surface area (TPSA) is 59.1 Å². The van der Waals surface area contributed by atoms with Crippen molar-refractivity contribution in [1.29, 1.82) is 0 Å². The van der Waals surface area contributed by atoms with Gasteiger partial charge in [0.05, 0.1) is 24.5 Å². The number of carbonyl (C=O) groups is 2. The molecule has 0 saturated carbocycles. The van der Waals surface area contributed by atoms with Crippen LogP contribution in [-0.4, -0.2) is 43.0 Å². The second-order valence-corrected chi connectivity index (χ2v) is 8.64. The summed E-state index contributed by atoms with van der Waals surface area (Å²) < 4.78 is 11.4. The number of piperidine rings is 1. The second kappa shape index (κ2) is 10.1. The normalized spacial score (nSPS) is 18.8. The smallest absolute Gasteiger partial charge is 0.282 e. The van der Waals surface area contributed by atoms with E-state index in [0.29, 0.717) is 41.8 Å². The summed E-state index contributed by atoms with van der Waals surface area (Å²) in [6.45, 7) is 8.76. The summed E-state index contributed by atoms with van der Waals surface area (Å²) in [6, 6.07) is 14.7. The molecule has 0 bridgehead atoms. The first-order valence-corrected chi connectivity index (χ1v) is 11.9. The molecule has 0 aliphatic carbocycles. The van der Waals surface area contributed by atoms with Gasteiger partial charge in [-0.15, -0.1) is 0 Å². The van der Waals surface area contributed by atoms with E-state index in [0.717, 1.165) is 43.7 Å². The lowest BCUT2D eigenvalue weighted by Gasteiger charge is -2.33. The molecule has 0 aromatic heterocycles. The van der Waals surface area contributed by atoms with Crippen LogP contribution in [0.15, 0.2) is 54.2 Å². The highest BCUT2D eigenvalue weighted by atomic mass is 16.5. The van der Waals surface area contributed by atoms with Gasteiger partial charge in [0.1, 0.15) is 17.2 Å². The minimum atomic E-state index is -0.315. The molecule has 174 valence electrons. The molecule has 0 spiro atoms. The number of amides is 2. The predicted octanol–water partition coefficient (Wildman–Crippen LogP) is 4.89. The Bertz CT molecular complexity index is 1040. The first kappa shape index (κ1) is 22.9. The van der Waals surface area contributed by atoms with Gasteiger partial charge in [-0.1, -0.05) is 38.1 Å². The number of hydrogen-bond donors (Lipinski definition) is 0. The number of benzene rings is 2. The van der Waals surface area contributed by atoms with Crippen LogP contribution in [0.3, 0.4) is 0 Å². The van der Waals surface area contributed by atoms with Gasteiger partial charge in [0.15, 0.2) is 0 Å². The monoisotopic (exact) mass is 448 g/mol. The minimum Gasteiger partial charge on any atom is -0.494 e. The third-order valence-corrected chi connectivity index (χ3v) is 6.05. The molecule has 2 aromatic rings. The van der Waals surface area contributed by atoms with E-state index in [9.17, 15) is 9.59 Å². The molecule has 1 unspecified atom stereocenters. The maximum Gasteiger partial charge on any atom is 0.282 e. The largest absolute Gasteiger partial charge is 0.494 e. The summed E-state index contributed by atoms with van der Waals surface area (Å²) in [6.07, 6.45) is 2.96. The lowest BCUT2D eigenvalue weighted by Crippen LogP contribution is -2.39. The standard InChI is InChI=1S/C27H32N2O4/c1-4-17-33-23-11-7-6-10-22(23)29-26(30)24(20-12-14-21(15-13-20)32-5-2)25(27(29)31)28-16-8-9-19(3)18-28/h6-7,10-15,19H,4-5,8-9,16-18H2,1-3H3. The van der Waals surface area contributed by atoms with Crippen LogP contribution in [0.2, 0.25) is 0 Å². The molecule has 33 heavy (non-hydrogen) atoms. The molecule has 4 rings (SSSR count). The Kier molecular flexibility index (Phi) is 7.02. The van der Waals surface area contributed by atoms with Crippen molar-refractivity contribution in [2.24, 2.45) is 5.92 Å². The zero-order valence-corrected chi connectivity index (χ0v) is 19.7. The van der Waals surface area contributed by atoms with Crippen molar-refractivity contribution in [3.05, 3.63) is 59.8 Å². The van der Waals surface area contributed by atoms with E-state index in [1.54, 1.807) is 6.07 Å². The number of imide groups is 1. The number of ether oxygens (including phenoxy) is 2. The van der Waals surface area contributed by atoms with E-state index in [1.807, 2.05) is 56.3 Å². The van der Waals surface area contributed by atoms with Gasteiger partial charge >= 0.3 is 0 Å². The second-order valence-electron chi connectivity index (χ2n) is 8.64. The molecule has 1 saturated heterocycles. The molecule has 2 aromatic carbocycles. The third kappa shape index (κ3) is 4.61. The first-order chi connectivity index (χ1) is 16.0. The zero-order valence-electron chi connectivity index (χ0n) is 19.7. The van der Waals surface area contributed by atoms with Gasteiger partial charge in [-0.05, 0) is 61.9 Å². The van der Waals surface area contributed by atoms with Crippen LogP contribution in [-0.2, 0) is 9.59 Å². The summed E-state index contributed by atoms with van der Waals surface area (Å²) in [5, 5.41) is 0. The molecule has 1 atom stereocenters. The number of hydrogen-bond acceptors (Lipinski definition) is 5. The summed E-state index contributed by atoms with van der Waals surface area (Å²) in [4.78, 5) is 31.0. The van der Waals surface area contributed by atoms with Crippen LogP contribution in [0.1, 0.15) is 45.6 Å². The van der Waals surface area contributed by atoms with Gasteiger partial charge in [0.2, 0.25) is 0 Å². The van der Waals surface area contributed by atoms with E-state index < -0.39 is 0 Å². The zero-order chi connectivity index (χ0) is 23.4. The predicted molar refractivity (Wildman–Crippen MR) is 129 cm³/mol. The fourth-order valence-electron chi connectivity index (χ4n) is 4.54. The number of likely N-dealkylation sites (tertiary alicyclic amines) is 1. The molecule has 2 aliphatic rings. The van der Waals surface area contributed by atoms with E-state index in [-0.39, 0.29) is 11.8 Å². The fourth-order valence-corrected chi connectivity index (χ4v) is 4.54. The van der Waals surface area contributed by atoms with Crippen molar-refractivity contribution in [3.8, 4) is 11.5 Å². The lowest BCUT2D eigenvalue weighted by atomic mass is 9.97. The molecule has 6 heteroatoms. The molecule has 0 radical (unpaired) electrons. The van der Waals surface area contributed by atoms with Gasteiger partial charge in [-0.3, -0.25) is 9.59 Å². The van der Waals surface area contributed by atoms with Crippen molar-refractivity contribution in [3.63, 3.8) is 0 Å². The van der Waals surface area contributed by atoms with Gasteiger partial charge in [-0.2, -0.15) is 0 Å². The molecule has 0 N–H and O–H groups in total. The van der Waals surface area contributed by atoms with Crippen LogP contribution >= 0.6 is 0 Å². The first-order valence-electron chi connectivity index (χ1n) is 11.9. The summed E-state index contributed by atoms with van der Waals surface area (Å²) in [7, 11) is 0. The maximum atomic E-state index is 13.8. The summed E-state index contributed by atoms with van der Waals surface area (Å²) in [5.41, 5.74) is 2.15. The van der Waals surface area contributed by atoms with Crippen LogP contribution in [0.5, 0.6) is 11.5 Å². The summed E-state index contributed by atoms with van der Waals surface area (Å²) in [5.74, 6) is 1.14. The van der Waals surface area contributed by atoms with Gasteiger partial charge in [0.25, 0.3) is 11.8 Å². The Labute approximate surface area is 195 Å². The highest BCUT2D eigenvalue weighted by Crippen LogP contribution is 2.40. The lowest BCUT2D eigenvalue weighted by molar-refractivity contribution is -0.120. The van der Waals surface area contributed by atoms with Crippen LogP contribution < -0.4 is 14.4 Å². The van der Waals surface area contributed by atoms with E-state index in [2.05, 4.69) is 11.8 Å². The average molecular weight is 449 g/mol. The molecule has 1 fully saturated rings. The molecule has 2 amide bonds. The number of nitrogens with zero attached hydrogens (tertiary/aromatic N) is 2. The van der Waals surface area contributed by atoms with E-state index >= 15 is 0 Å². The third-order valence-electron chi connectivity index (χ3n) is 6.05. The quantitative estimate of drug-likeness (QED) is 0.538. The van der Waals surface area contributed by atoms with Crippen molar-refractivity contribution >= 4 is 23.1 Å². The molecule has 2 heterocycles. The van der Waals surface area contributed by atoms with Gasteiger partial charge in [0, 0.05) is 13.1 Å². The van der Waals surface area contributed by atoms with Crippen molar-refractivity contribution in [1.82, 2.24) is 4.90 Å². The van der Waals surface area contributed by atoms with Crippen LogP contribution in [0.25, 0.3) is 5.57 Å². The Morgan fingerprint density at radius 3 is 2.42 bits per heavy atom. The molecule has 2 aliphatic heterocycles. The number of anilines is 1. The van der Waals surface area contributed by atoms with Crippen molar-refractivity contribution in [2.45, 2.75) is 40.0 Å². The molecular formula is C27H32N2O4. The van der Waals surface area contributed by atoms with Crippen molar-refractivity contribution in [2.75, 3.05) is 31.2 Å². The maximum absolute atomic E-state index is 13.8. The SMILES string of the molecule is CCCOc1ccccc1N1C(=O)C(c2ccc(OCC)cc2)=C(N2CCCC(C)C2)C1=O. The van der Waals surface area contributed by atoms with Crippen molar-refractivity contribution < 1.29 is 19.1 Å².